The van der Waals surface area contributed by atoms with Crippen LogP contribution in [0.15, 0.2) is 0 Å². The highest BCUT2D eigenvalue weighted by molar-refractivity contribution is 6.07. The summed E-state index contributed by atoms with van der Waals surface area (Å²) in [6.45, 7) is 2.09. The maximum Gasteiger partial charge on any atom is 0.325 e. The lowest BCUT2D eigenvalue weighted by molar-refractivity contribution is -0.141. The molecule has 3 amide bonds. The molecule has 2 rings (SSSR count). The van der Waals surface area contributed by atoms with Gasteiger partial charge in [0, 0.05) is 6.54 Å². The number of hydrogen-bond donors (Lipinski definition) is 1. The van der Waals surface area contributed by atoms with Crippen LogP contribution in [0.1, 0.15) is 39.0 Å². The number of carbonyl (C=O) groups excluding carboxylic acids is 3. The molecule has 1 heterocycles. The van der Waals surface area contributed by atoms with Crippen LogP contribution in [-0.2, 0) is 14.3 Å². The van der Waals surface area contributed by atoms with Gasteiger partial charge in [0.05, 0.1) is 13.5 Å². The van der Waals surface area contributed by atoms with Crippen molar-refractivity contribution in [3.05, 3.63) is 0 Å². The normalized spacial score (nSPS) is 30.6. The Hall–Kier alpha value is -1.59. The molecule has 19 heavy (non-hydrogen) atoms. The van der Waals surface area contributed by atoms with Gasteiger partial charge in [-0.05, 0) is 18.8 Å². The molecular weight excluding hydrogens is 248 g/mol. The molecule has 2 fully saturated rings. The first kappa shape index (κ1) is 13.8. The SMILES string of the molecule is COC(=O)CCN1C(=O)N[C@@]2(CCCC[C@@H]2C)C1=O. The van der Waals surface area contributed by atoms with Gasteiger partial charge < -0.3 is 10.1 Å². The predicted molar refractivity (Wildman–Crippen MR) is 67.2 cm³/mol. The van der Waals surface area contributed by atoms with Gasteiger partial charge >= 0.3 is 12.0 Å². The number of esters is 1. The third-order valence-electron chi connectivity index (χ3n) is 4.27. The third-order valence-corrected chi connectivity index (χ3v) is 4.27. The molecule has 1 saturated carbocycles. The zero-order valence-corrected chi connectivity index (χ0v) is 11.4. The van der Waals surface area contributed by atoms with Gasteiger partial charge in [-0.3, -0.25) is 14.5 Å². The van der Waals surface area contributed by atoms with E-state index in [2.05, 4.69) is 10.1 Å². The lowest BCUT2D eigenvalue weighted by Gasteiger charge is -2.36. The number of amides is 3. The van der Waals surface area contributed by atoms with Crippen LogP contribution in [0, 0.1) is 5.92 Å². The minimum Gasteiger partial charge on any atom is -0.469 e. The number of carbonyl (C=O) groups is 3. The van der Waals surface area contributed by atoms with Gasteiger partial charge in [0.1, 0.15) is 5.54 Å². The Bertz CT molecular complexity index is 409. The summed E-state index contributed by atoms with van der Waals surface area (Å²) in [4.78, 5) is 36.7. The van der Waals surface area contributed by atoms with E-state index in [9.17, 15) is 14.4 Å². The highest BCUT2D eigenvalue weighted by Crippen LogP contribution is 2.38. The number of methoxy groups -OCH3 is 1. The smallest absolute Gasteiger partial charge is 0.325 e. The Morgan fingerprint density at radius 2 is 2.21 bits per heavy atom. The number of urea groups is 1. The summed E-state index contributed by atoms with van der Waals surface area (Å²) in [6.07, 6.45) is 3.71. The fourth-order valence-electron chi connectivity index (χ4n) is 3.00. The summed E-state index contributed by atoms with van der Waals surface area (Å²) < 4.78 is 4.53. The first-order valence-electron chi connectivity index (χ1n) is 6.72. The molecule has 1 spiro atoms. The standard InChI is InChI=1S/C13H20N2O4/c1-9-5-3-4-7-13(9)11(17)15(12(18)14-13)8-6-10(16)19-2/h9H,3-8H2,1-2H3,(H,14,18)/t9-,13+/m0/s1. The molecule has 1 N–H and O–H groups in total. The number of nitrogens with zero attached hydrogens (tertiary/aromatic N) is 1. The molecule has 1 aliphatic carbocycles. The van der Waals surface area contributed by atoms with Crippen LogP contribution in [-0.4, -0.2) is 42.0 Å². The summed E-state index contributed by atoms with van der Waals surface area (Å²) in [5.74, 6) is -0.465. The van der Waals surface area contributed by atoms with Gasteiger partial charge in [-0.1, -0.05) is 19.8 Å². The topological polar surface area (TPSA) is 75.7 Å². The maximum atomic E-state index is 12.5. The Balaban J connectivity index is 2.09. The van der Waals surface area contributed by atoms with Crippen molar-refractivity contribution < 1.29 is 19.1 Å². The number of nitrogens with one attached hydrogen (secondary N) is 1. The lowest BCUT2D eigenvalue weighted by Crippen LogP contribution is -2.53. The summed E-state index contributed by atoms with van der Waals surface area (Å²) in [5.41, 5.74) is -0.745. The van der Waals surface area contributed by atoms with Gasteiger partial charge in [-0.2, -0.15) is 0 Å². The number of hydrogen-bond acceptors (Lipinski definition) is 4. The Morgan fingerprint density at radius 3 is 2.84 bits per heavy atom. The van der Waals surface area contributed by atoms with Crippen LogP contribution in [0.4, 0.5) is 4.79 Å². The van der Waals surface area contributed by atoms with Crippen LogP contribution in [0.25, 0.3) is 0 Å². The van der Waals surface area contributed by atoms with E-state index in [1.807, 2.05) is 6.92 Å². The van der Waals surface area contributed by atoms with E-state index in [4.69, 9.17) is 0 Å². The van der Waals surface area contributed by atoms with E-state index in [-0.39, 0.29) is 30.8 Å². The molecule has 0 aromatic rings. The Kier molecular flexibility index (Phi) is 3.78. The fourth-order valence-corrected chi connectivity index (χ4v) is 3.00. The van der Waals surface area contributed by atoms with Crippen molar-refractivity contribution in [2.75, 3.05) is 13.7 Å². The highest BCUT2D eigenvalue weighted by Gasteiger charge is 2.54. The van der Waals surface area contributed by atoms with Crippen molar-refractivity contribution in [2.24, 2.45) is 5.92 Å². The van der Waals surface area contributed by atoms with Crippen LogP contribution >= 0.6 is 0 Å². The van der Waals surface area contributed by atoms with E-state index in [1.165, 1.54) is 7.11 Å². The van der Waals surface area contributed by atoms with Crippen molar-refractivity contribution in [3.63, 3.8) is 0 Å². The van der Waals surface area contributed by atoms with Gasteiger partial charge in [0.25, 0.3) is 5.91 Å². The van der Waals surface area contributed by atoms with Crippen molar-refractivity contribution in [1.82, 2.24) is 10.2 Å². The van der Waals surface area contributed by atoms with E-state index >= 15 is 0 Å². The van der Waals surface area contributed by atoms with Crippen molar-refractivity contribution >= 4 is 17.9 Å². The molecule has 2 aliphatic rings. The molecule has 2 atom stereocenters. The van der Waals surface area contributed by atoms with Gasteiger partial charge in [-0.15, -0.1) is 0 Å². The molecule has 0 aromatic carbocycles. The van der Waals surface area contributed by atoms with E-state index in [0.717, 1.165) is 24.2 Å². The minimum atomic E-state index is -0.745. The molecule has 0 radical (unpaired) electrons. The van der Waals surface area contributed by atoms with E-state index in [1.54, 1.807) is 0 Å². The average molecular weight is 268 g/mol. The second kappa shape index (κ2) is 5.19. The molecule has 0 unspecified atom stereocenters. The molecule has 6 nitrogen and oxygen atoms in total. The monoisotopic (exact) mass is 268 g/mol. The van der Waals surface area contributed by atoms with Gasteiger partial charge in [0.15, 0.2) is 0 Å². The van der Waals surface area contributed by atoms with Crippen molar-refractivity contribution in [3.8, 4) is 0 Å². The first-order valence-corrected chi connectivity index (χ1v) is 6.72. The molecule has 6 heteroatoms. The minimum absolute atomic E-state index is 0.0418. The Morgan fingerprint density at radius 1 is 1.47 bits per heavy atom. The molecule has 0 aromatic heterocycles. The predicted octanol–water partition coefficient (Wildman–Crippen LogP) is 1.05. The van der Waals surface area contributed by atoms with Crippen LogP contribution in [0.2, 0.25) is 0 Å². The first-order chi connectivity index (χ1) is 9.01. The van der Waals surface area contributed by atoms with Crippen LogP contribution in [0.3, 0.4) is 0 Å². The average Bonchev–Trinajstić information content (AvgIpc) is 2.63. The summed E-state index contributed by atoms with van der Waals surface area (Å²) in [5, 5.41) is 2.85. The zero-order chi connectivity index (χ0) is 14.0. The van der Waals surface area contributed by atoms with Crippen molar-refractivity contribution in [1.29, 1.82) is 0 Å². The number of rotatable bonds is 3. The zero-order valence-electron chi connectivity index (χ0n) is 11.4. The molecule has 1 saturated heterocycles. The summed E-state index contributed by atoms with van der Waals surface area (Å²) >= 11 is 0. The summed E-state index contributed by atoms with van der Waals surface area (Å²) in [6, 6.07) is -0.386. The largest absolute Gasteiger partial charge is 0.469 e. The number of ether oxygens (including phenoxy) is 1. The fraction of sp³-hybridized carbons (Fsp3) is 0.769. The van der Waals surface area contributed by atoms with Gasteiger partial charge in [-0.25, -0.2) is 4.79 Å². The highest BCUT2D eigenvalue weighted by atomic mass is 16.5. The second-order valence-electron chi connectivity index (χ2n) is 5.33. The summed E-state index contributed by atoms with van der Waals surface area (Å²) in [7, 11) is 1.29. The quantitative estimate of drug-likeness (QED) is 0.613. The molecular formula is C13H20N2O4. The van der Waals surface area contributed by atoms with Crippen LogP contribution < -0.4 is 5.32 Å². The van der Waals surface area contributed by atoms with Crippen LogP contribution in [0.5, 0.6) is 0 Å². The van der Waals surface area contributed by atoms with Crippen molar-refractivity contribution in [2.45, 2.75) is 44.6 Å². The molecule has 0 bridgehead atoms. The third kappa shape index (κ3) is 2.31. The lowest BCUT2D eigenvalue weighted by atomic mass is 9.73. The molecule has 1 aliphatic heterocycles. The maximum absolute atomic E-state index is 12.5. The van der Waals surface area contributed by atoms with Gasteiger partial charge in [0.2, 0.25) is 0 Å². The number of imide groups is 1. The van der Waals surface area contributed by atoms with E-state index < -0.39 is 11.5 Å². The molecule has 106 valence electrons. The van der Waals surface area contributed by atoms with E-state index in [0.29, 0.717) is 6.42 Å². The Labute approximate surface area is 112 Å². The second-order valence-corrected chi connectivity index (χ2v) is 5.33.